The van der Waals surface area contributed by atoms with E-state index in [1.54, 1.807) is 7.11 Å². The Morgan fingerprint density at radius 1 is 1.38 bits per heavy atom. The zero-order chi connectivity index (χ0) is 11.4. The number of anilines is 2. The van der Waals surface area contributed by atoms with E-state index in [1.807, 2.05) is 12.1 Å². The van der Waals surface area contributed by atoms with Gasteiger partial charge < -0.3 is 15.4 Å². The van der Waals surface area contributed by atoms with Gasteiger partial charge in [0.25, 0.3) is 0 Å². The van der Waals surface area contributed by atoms with E-state index in [0.29, 0.717) is 5.92 Å². The molecule has 0 spiro atoms. The van der Waals surface area contributed by atoms with E-state index in [2.05, 4.69) is 17.0 Å². The molecule has 2 N–H and O–H groups in total. The lowest BCUT2D eigenvalue weighted by Crippen LogP contribution is -2.37. The van der Waals surface area contributed by atoms with Crippen molar-refractivity contribution in [2.24, 2.45) is 5.92 Å². The van der Waals surface area contributed by atoms with Crippen LogP contribution in [0.3, 0.4) is 0 Å². The molecule has 1 heterocycles. The van der Waals surface area contributed by atoms with Crippen LogP contribution in [0.1, 0.15) is 12.8 Å². The van der Waals surface area contributed by atoms with Crippen LogP contribution in [0.25, 0.3) is 0 Å². The largest absolute Gasteiger partial charge is 0.399 e. The van der Waals surface area contributed by atoms with Gasteiger partial charge in [-0.2, -0.15) is 0 Å². The van der Waals surface area contributed by atoms with E-state index in [9.17, 15) is 0 Å². The lowest BCUT2D eigenvalue weighted by atomic mass is 9.98. The number of ether oxygens (including phenoxy) is 1. The molecule has 1 atom stereocenters. The molecule has 3 nitrogen and oxygen atoms in total. The number of hydrogen-bond donors (Lipinski definition) is 1. The van der Waals surface area contributed by atoms with E-state index in [1.165, 1.54) is 18.5 Å². The summed E-state index contributed by atoms with van der Waals surface area (Å²) in [5.74, 6) is 0.663. The monoisotopic (exact) mass is 220 g/mol. The first kappa shape index (κ1) is 11.3. The van der Waals surface area contributed by atoms with Crippen LogP contribution < -0.4 is 10.6 Å². The molecule has 0 bridgehead atoms. The maximum absolute atomic E-state index is 5.69. The molecule has 1 aromatic rings. The molecule has 16 heavy (non-hydrogen) atoms. The molecule has 0 amide bonds. The standard InChI is InChI=1S/C13H20N2O/c1-16-10-11-3-2-8-15(9-11)13-6-4-12(14)5-7-13/h4-7,11H,2-3,8-10,14H2,1H3. The Balaban J connectivity index is 2.01. The summed E-state index contributed by atoms with van der Waals surface area (Å²) in [5.41, 5.74) is 7.79. The van der Waals surface area contributed by atoms with Gasteiger partial charge in [-0.15, -0.1) is 0 Å². The quantitative estimate of drug-likeness (QED) is 0.793. The third kappa shape index (κ3) is 2.67. The number of hydrogen-bond acceptors (Lipinski definition) is 3. The molecule has 1 unspecified atom stereocenters. The minimum Gasteiger partial charge on any atom is -0.399 e. The van der Waals surface area contributed by atoms with E-state index < -0.39 is 0 Å². The van der Waals surface area contributed by atoms with Crippen molar-refractivity contribution in [2.45, 2.75) is 12.8 Å². The predicted molar refractivity (Wildman–Crippen MR) is 67.7 cm³/mol. The molecular formula is C13H20N2O. The van der Waals surface area contributed by atoms with Gasteiger partial charge in [-0.1, -0.05) is 0 Å². The number of methoxy groups -OCH3 is 1. The molecular weight excluding hydrogens is 200 g/mol. The molecule has 2 rings (SSSR count). The smallest absolute Gasteiger partial charge is 0.0507 e. The van der Waals surface area contributed by atoms with Crippen LogP contribution in [0.15, 0.2) is 24.3 Å². The van der Waals surface area contributed by atoms with Crippen molar-refractivity contribution in [1.82, 2.24) is 0 Å². The topological polar surface area (TPSA) is 38.5 Å². The van der Waals surface area contributed by atoms with Gasteiger partial charge in [0.2, 0.25) is 0 Å². The summed E-state index contributed by atoms with van der Waals surface area (Å²) in [4.78, 5) is 2.42. The number of nitrogens with zero attached hydrogens (tertiary/aromatic N) is 1. The maximum Gasteiger partial charge on any atom is 0.0507 e. The number of benzene rings is 1. The van der Waals surface area contributed by atoms with Gasteiger partial charge >= 0.3 is 0 Å². The Bertz CT molecular complexity index is 321. The van der Waals surface area contributed by atoms with E-state index in [0.717, 1.165) is 25.4 Å². The van der Waals surface area contributed by atoms with Crippen LogP contribution in [-0.2, 0) is 4.74 Å². The summed E-state index contributed by atoms with van der Waals surface area (Å²) >= 11 is 0. The second kappa shape index (κ2) is 5.21. The van der Waals surface area contributed by atoms with Gasteiger partial charge in [0, 0.05) is 31.6 Å². The lowest BCUT2D eigenvalue weighted by Gasteiger charge is -2.34. The van der Waals surface area contributed by atoms with Crippen LogP contribution in [0.4, 0.5) is 11.4 Å². The molecule has 3 heteroatoms. The van der Waals surface area contributed by atoms with Crippen molar-refractivity contribution < 1.29 is 4.74 Å². The normalized spacial score (nSPS) is 21.1. The maximum atomic E-state index is 5.69. The third-order valence-corrected chi connectivity index (χ3v) is 3.18. The summed E-state index contributed by atoms with van der Waals surface area (Å²) in [7, 11) is 1.78. The average molecular weight is 220 g/mol. The first-order chi connectivity index (χ1) is 7.79. The molecule has 1 saturated heterocycles. The summed E-state index contributed by atoms with van der Waals surface area (Å²) in [6, 6.07) is 8.14. The number of rotatable bonds is 3. The molecule has 0 saturated carbocycles. The Hall–Kier alpha value is -1.22. The zero-order valence-corrected chi connectivity index (χ0v) is 9.86. The van der Waals surface area contributed by atoms with Gasteiger partial charge in [0.15, 0.2) is 0 Å². The average Bonchev–Trinajstić information content (AvgIpc) is 2.31. The molecule has 0 aliphatic carbocycles. The first-order valence-electron chi connectivity index (χ1n) is 5.89. The van der Waals surface area contributed by atoms with Crippen molar-refractivity contribution in [3.8, 4) is 0 Å². The number of nitrogen functional groups attached to an aromatic ring is 1. The number of nitrogens with two attached hydrogens (primary N) is 1. The summed E-state index contributed by atoms with van der Waals surface area (Å²) in [6.07, 6.45) is 2.53. The van der Waals surface area contributed by atoms with Crippen molar-refractivity contribution in [1.29, 1.82) is 0 Å². The van der Waals surface area contributed by atoms with Crippen molar-refractivity contribution in [3.63, 3.8) is 0 Å². The van der Waals surface area contributed by atoms with Crippen LogP contribution >= 0.6 is 0 Å². The second-order valence-corrected chi connectivity index (χ2v) is 4.50. The number of piperidine rings is 1. The van der Waals surface area contributed by atoms with Crippen LogP contribution in [0.2, 0.25) is 0 Å². The highest BCUT2D eigenvalue weighted by molar-refractivity contribution is 5.53. The minimum absolute atomic E-state index is 0.663. The molecule has 1 aromatic carbocycles. The Kier molecular flexibility index (Phi) is 3.67. The van der Waals surface area contributed by atoms with Gasteiger partial charge in [-0.25, -0.2) is 0 Å². The van der Waals surface area contributed by atoms with E-state index in [4.69, 9.17) is 10.5 Å². The molecule has 0 radical (unpaired) electrons. The SMILES string of the molecule is COCC1CCCN(c2ccc(N)cc2)C1. The highest BCUT2D eigenvalue weighted by atomic mass is 16.5. The lowest BCUT2D eigenvalue weighted by molar-refractivity contribution is 0.143. The van der Waals surface area contributed by atoms with Crippen molar-refractivity contribution >= 4 is 11.4 Å². The summed E-state index contributed by atoms with van der Waals surface area (Å²) in [5, 5.41) is 0. The van der Waals surface area contributed by atoms with Gasteiger partial charge in [0.05, 0.1) is 6.61 Å². The van der Waals surface area contributed by atoms with Crippen LogP contribution in [-0.4, -0.2) is 26.8 Å². The molecule has 88 valence electrons. The van der Waals surface area contributed by atoms with Crippen LogP contribution in [0.5, 0.6) is 0 Å². The Morgan fingerprint density at radius 3 is 2.81 bits per heavy atom. The minimum atomic E-state index is 0.663. The third-order valence-electron chi connectivity index (χ3n) is 3.18. The Morgan fingerprint density at radius 2 is 2.12 bits per heavy atom. The van der Waals surface area contributed by atoms with Gasteiger partial charge in [-0.3, -0.25) is 0 Å². The molecule has 1 aliphatic rings. The molecule has 1 aliphatic heterocycles. The van der Waals surface area contributed by atoms with Gasteiger partial charge in [-0.05, 0) is 43.0 Å². The fourth-order valence-corrected chi connectivity index (χ4v) is 2.36. The second-order valence-electron chi connectivity index (χ2n) is 4.50. The zero-order valence-electron chi connectivity index (χ0n) is 9.86. The van der Waals surface area contributed by atoms with E-state index >= 15 is 0 Å². The fourth-order valence-electron chi connectivity index (χ4n) is 2.36. The highest BCUT2D eigenvalue weighted by Crippen LogP contribution is 2.23. The van der Waals surface area contributed by atoms with Gasteiger partial charge in [0.1, 0.15) is 0 Å². The molecule has 0 aromatic heterocycles. The highest BCUT2D eigenvalue weighted by Gasteiger charge is 2.19. The summed E-state index contributed by atoms with van der Waals surface area (Å²) in [6.45, 7) is 3.10. The van der Waals surface area contributed by atoms with Crippen LogP contribution in [0, 0.1) is 5.92 Å². The van der Waals surface area contributed by atoms with Crippen molar-refractivity contribution in [3.05, 3.63) is 24.3 Å². The van der Waals surface area contributed by atoms with E-state index in [-0.39, 0.29) is 0 Å². The van der Waals surface area contributed by atoms with Crippen molar-refractivity contribution in [2.75, 3.05) is 37.4 Å². The first-order valence-corrected chi connectivity index (χ1v) is 5.89. The summed E-state index contributed by atoms with van der Waals surface area (Å²) < 4.78 is 5.24. The molecule has 1 fully saturated rings. The predicted octanol–water partition coefficient (Wildman–Crippen LogP) is 2.13. The fraction of sp³-hybridized carbons (Fsp3) is 0.538. The Labute approximate surface area is 97.2 Å².